The second-order valence-electron chi connectivity index (χ2n) is 7.43. The van der Waals surface area contributed by atoms with Crippen LogP contribution in [0.4, 0.5) is 15.2 Å². The van der Waals surface area contributed by atoms with Crippen LogP contribution in [0.25, 0.3) is 11.3 Å². The van der Waals surface area contributed by atoms with Crippen LogP contribution in [0.3, 0.4) is 0 Å². The fourth-order valence-electron chi connectivity index (χ4n) is 3.68. The number of carbonyl (C=O) groups excluding carboxylic acids is 3. The molecule has 0 saturated carbocycles. The Morgan fingerprint density at radius 1 is 1.12 bits per heavy atom. The van der Waals surface area contributed by atoms with E-state index in [1.54, 1.807) is 40.6 Å². The number of hydrogen-bond acceptors (Lipinski definition) is 5. The topological polar surface area (TPSA) is 91.4 Å². The molecular formula is C23H21FN4O3S. The number of likely N-dealkylation sites (tertiary alicyclic amines) is 1. The molecule has 2 aromatic carbocycles. The molecule has 32 heavy (non-hydrogen) atoms. The van der Waals surface area contributed by atoms with Crippen LogP contribution in [-0.4, -0.2) is 40.2 Å². The highest BCUT2D eigenvalue weighted by Gasteiger charge is 2.34. The Bertz CT molecular complexity index is 1170. The number of anilines is 2. The van der Waals surface area contributed by atoms with Gasteiger partial charge in [0.15, 0.2) is 5.13 Å². The predicted molar refractivity (Wildman–Crippen MR) is 121 cm³/mol. The van der Waals surface area contributed by atoms with Crippen molar-refractivity contribution in [3.05, 3.63) is 65.3 Å². The van der Waals surface area contributed by atoms with Crippen LogP contribution in [0.5, 0.6) is 0 Å². The standard InChI is InChI=1S/C23H21FN4O3S/c1-14(29)25-16-9-10-17(18(24)12-16)19-13-32-23(26-19)27-21(30)20-8-5-11-28(20)22(31)15-6-3-2-4-7-15/h2-4,6-7,9-10,12-13,20H,5,8,11H2,1H3,(H,25,29)(H,26,27,30). The van der Waals surface area contributed by atoms with Gasteiger partial charge in [0, 0.05) is 35.7 Å². The van der Waals surface area contributed by atoms with Gasteiger partial charge in [0.1, 0.15) is 11.9 Å². The summed E-state index contributed by atoms with van der Waals surface area (Å²) in [4.78, 5) is 42.7. The smallest absolute Gasteiger partial charge is 0.254 e. The van der Waals surface area contributed by atoms with E-state index in [9.17, 15) is 18.8 Å². The number of nitrogens with one attached hydrogen (secondary N) is 2. The average Bonchev–Trinajstić information content (AvgIpc) is 3.43. The Morgan fingerprint density at radius 2 is 1.91 bits per heavy atom. The van der Waals surface area contributed by atoms with Crippen molar-refractivity contribution in [3.8, 4) is 11.3 Å². The Kier molecular flexibility index (Phi) is 6.27. The largest absolute Gasteiger partial charge is 0.327 e. The Balaban J connectivity index is 1.46. The zero-order chi connectivity index (χ0) is 22.7. The van der Waals surface area contributed by atoms with E-state index in [1.807, 2.05) is 6.07 Å². The van der Waals surface area contributed by atoms with Crippen LogP contribution < -0.4 is 10.6 Å². The fourth-order valence-corrected chi connectivity index (χ4v) is 4.39. The molecule has 3 aromatic rings. The molecule has 1 atom stereocenters. The van der Waals surface area contributed by atoms with Gasteiger partial charge in [-0.3, -0.25) is 14.4 Å². The van der Waals surface area contributed by atoms with Gasteiger partial charge in [0.05, 0.1) is 5.69 Å². The highest BCUT2D eigenvalue weighted by atomic mass is 32.1. The van der Waals surface area contributed by atoms with E-state index in [0.717, 1.165) is 6.42 Å². The number of carbonyl (C=O) groups is 3. The van der Waals surface area contributed by atoms with Crippen molar-refractivity contribution in [1.82, 2.24) is 9.88 Å². The Labute approximate surface area is 188 Å². The molecule has 4 rings (SSSR count). The lowest BCUT2D eigenvalue weighted by Crippen LogP contribution is -2.43. The molecule has 9 heteroatoms. The van der Waals surface area contributed by atoms with Crippen molar-refractivity contribution in [2.24, 2.45) is 0 Å². The molecular weight excluding hydrogens is 431 g/mol. The van der Waals surface area contributed by atoms with Gasteiger partial charge >= 0.3 is 0 Å². The van der Waals surface area contributed by atoms with Crippen LogP contribution in [0, 0.1) is 5.82 Å². The molecule has 164 valence electrons. The van der Waals surface area contributed by atoms with Crippen LogP contribution in [-0.2, 0) is 9.59 Å². The third kappa shape index (κ3) is 4.67. The first kappa shape index (κ1) is 21.6. The molecule has 2 heterocycles. The molecule has 1 unspecified atom stereocenters. The number of benzene rings is 2. The zero-order valence-electron chi connectivity index (χ0n) is 17.3. The van der Waals surface area contributed by atoms with Gasteiger partial charge in [-0.25, -0.2) is 9.37 Å². The molecule has 1 aromatic heterocycles. The van der Waals surface area contributed by atoms with Crippen LogP contribution in [0.15, 0.2) is 53.9 Å². The van der Waals surface area contributed by atoms with E-state index in [0.29, 0.717) is 35.0 Å². The van der Waals surface area contributed by atoms with Gasteiger partial charge < -0.3 is 15.5 Å². The van der Waals surface area contributed by atoms with Gasteiger partial charge in [-0.1, -0.05) is 18.2 Å². The SMILES string of the molecule is CC(=O)Nc1ccc(-c2csc(NC(=O)C3CCCN3C(=O)c3ccccc3)n2)c(F)c1. The second kappa shape index (κ2) is 9.27. The molecule has 1 aliphatic heterocycles. The fraction of sp³-hybridized carbons (Fsp3) is 0.217. The van der Waals surface area contributed by atoms with E-state index in [2.05, 4.69) is 15.6 Å². The predicted octanol–water partition coefficient (Wildman–Crippen LogP) is 4.15. The normalized spacial score (nSPS) is 15.4. The third-order valence-corrected chi connectivity index (χ3v) is 5.89. The molecule has 3 amide bonds. The van der Waals surface area contributed by atoms with E-state index in [4.69, 9.17) is 0 Å². The van der Waals surface area contributed by atoms with Crippen molar-refractivity contribution in [2.75, 3.05) is 17.2 Å². The minimum Gasteiger partial charge on any atom is -0.327 e. The maximum atomic E-state index is 14.5. The molecule has 0 spiro atoms. The molecule has 0 radical (unpaired) electrons. The lowest BCUT2D eigenvalue weighted by Gasteiger charge is -2.23. The summed E-state index contributed by atoms with van der Waals surface area (Å²) in [5.74, 6) is -1.31. The number of thiazole rings is 1. The number of aromatic nitrogens is 1. The van der Waals surface area contributed by atoms with Crippen molar-refractivity contribution in [2.45, 2.75) is 25.8 Å². The minimum atomic E-state index is -0.580. The van der Waals surface area contributed by atoms with Crippen molar-refractivity contribution < 1.29 is 18.8 Å². The third-order valence-electron chi connectivity index (χ3n) is 5.14. The summed E-state index contributed by atoms with van der Waals surface area (Å²) in [6.07, 6.45) is 1.31. The number of hydrogen-bond donors (Lipinski definition) is 2. The maximum Gasteiger partial charge on any atom is 0.254 e. The summed E-state index contributed by atoms with van der Waals surface area (Å²) < 4.78 is 14.5. The molecule has 0 aliphatic carbocycles. The number of amides is 3. The lowest BCUT2D eigenvalue weighted by atomic mass is 10.1. The summed E-state index contributed by atoms with van der Waals surface area (Å²) in [5, 5.41) is 7.26. The van der Waals surface area contributed by atoms with Gasteiger partial charge in [0.2, 0.25) is 11.8 Å². The first-order valence-corrected chi connectivity index (χ1v) is 11.0. The van der Waals surface area contributed by atoms with Crippen LogP contribution in [0.1, 0.15) is 30.1 Å². The van der Waals surface area contributed by atoms with Gasteiger partial charge in [-0.05, 0) is 43.2 Å². The summed E-state index contributed by atoms with van der Waals surface area (Å²) in [7, 11) is 0. The minimum absolute atomic E-state index is 0.176. The van der Waals surface area contributed by atoms with E-state index < -0.39 is 11.9 Å². The quantitative estimate of drug-likeness (QED) is 0.608. The Hall–Kier alpha value is -3.59. The number of rotatable bonds is 5. The maximum absolute atomic E-state index is 14.5. The summed E-state index contributed by atoms with van der Waals surface area (Å²) >= 11 is 1.18. The average molecular weight is 453 g/mol. The molecule has 7 nitrogen and oxygen atoms in total. The highest BCUT2D eigenvalue weighted by molar-refractivity contribution is 7.14. The van der Waals surface area contributed by atoms with Crippen molar-refractivity contribution in [1.29, 1.82) is 0 Å². The second-order valence-corrected chi connectivity index (χ2v) is 8.28. The highest BCUT2D eigenvalue weighted by Crippen LogP contribution is 2.29. The zero-order valence-corrected chi connectivity index (χ0v) is 18.1. The van der Waals surface area contributed by atoms with Crippen LogP contribution >= 0.6 is 11.3 Å². The first-order chi connectivity index (χ1) is 15.4. The summed E-state index contributed by atoms with van der Waals surface area (Å²) in [6.45, 7) is 1.86. The van der Waals surface area contributed by atoms with E-state index >= 15 is 0 Å². The molecule has 1 fully saturated rings. The first-order valence-electron chi connectivity index (χ1n) is 10.1. The van der Waals surface area contributed by atoms with Gasteiger partial charge in [0.25, 0.3) is 5.91 Å². The monoisotopic (exact) mass is 452 g/mol. The van der Waals surface area contributed by atoms with Crippen molar-refractivity contribution >= 4 is 39.9 Å². The van der Waals surface area contributed by atoms with E-state index in [-0.39, 0.29) is 23.3 Å². The molecule has 1 saturated heterocycles. The molecule has 0 bridgehead atoms. The Morgan fingerprint density at radius 3 is 2.62 bits per heavy atom. The van der Waals surface area contributed by atoms with Crippen LogP contribution in [0.2, 0.25) is 0 Å². The molecule has 1 aliphatic rings. The van der Waals surface area contributed by atoms with Gasteiger partial charge in [-0.15, -0.1) is 11.3 Å². The van der Waals surface area contributed by atoms with Gasteiger partial charge in [-0.2, -0.15) is 0 Å². The number of halogens is 1. The lowest BCUT2D eigenvalue weighted by molar-refractivity contribution is -0.119. The van der Waals surface area contributed by atoms with E-state index in [1.165, 1.54) is 30.4 Å². The number of nitrogens with zero attached hydrogens (tertiary/aromatic N) is 2. The van der Waals surface area contributed by atoms with Crippen molar-refractivity contribution in [3.63, 3.8) is 0 Å². The summed E-state index contributed by atoms with van der Waals surface area (Å²) in [6, 6.07) is 12.6. The molecule has 2 N–H and O–H groups in total. The summed E-state index contributed by atoms with van der Waals surface area (Å²) in [5.41, 5.74) is 1.53.